The van der Waals surface area contributed by atoms with Gasteiger partial charge < -0.3 is 5.73 Å². The number of hydrogen-bond acceptors (Lipinski definition) is 4. The number of halogens is 2. The maximum Gasteiger partial charge on any atom is 0.180 e. The molecule has 2 aromatic heterocycles. The molecule has 0 aliphatic carbocycles. The molecule has 2 rings (SSSR count). The van der Waals surface area contributed by atoms with E-state index in [4.69, 9.17) is 5.73 Å². The third-order valence-corrected chi connectivity index (χ3v) is 2.72. The van der Waals surface area contributed by atoms with E-state index in [-0.39, 0.29) is 24.8 Å². The molecular weight excluding hydrogens is 253 g/mol. The van der Waals surface area contributed by atoms with Crippen LogP contribution >= 0.6 is 36.2 Å². The van der Waals surface area contributed by atoms with E-state index in [1.807, 2.05) is 25.1 Å². The van der Waals surface area contributed by atoms with Crippen LogP contribution in [0.25, 0.3) is 10.6 Å². The molecule has 0 aliphatic rings. The van der Waals surface area contributed by atoms with Crippen LogP contribution < -0.4 is 5.73 Å². The van der Waals surface area contributed by atoms with E-state index in [9.17, 15) is 0 Å². The molecule has 0 radical (unpaired) electrons. The molecule has 0 saturated heterocycles. The van der Waals surface area contributed by atoms with E-state index < -0.39 is 0 Å². The van der Waals surface area contributed by atoms with Crippen molar-refractivity contribution < 1.29 is 0 Å². The van der Waals surface area contributed by atoms with E-state index >= 15 is 0 Å². The summed E-state index contributed by atoms with van der Waals surface area (Å²) in [6, 6.07) is 5.81. The lowest BCUT2D eigenvalue weighted by molar-refractivity contribution is 1.25. The molecule has 0 unspecified atom stereocenters. The van der Waals surface area contributed by atoms with Gasteiger partial charge in [-0.15, -0.1) is 24.8 Å². The predicted octanol–water partition coefficient (Wildman–Crippen LogP) is 2.94. The van der Waals surface area contributed by atoms with E-state index in [0.29, 0.717) is 5.13 Å². The number of anilines is 1. The molecule has 15 heavy (non-hydrogen) atoms. The summed E-state index contributed by atoms with van der Waals surface area (Å²) in [6.07, 6.45) is 1.77. The van der Waals surface area contributed by atoms with Crippen LogP contribution in [0.15, 0.2) is 24.4 Å². The maximum atomic E-state index is 5.60. The number of rotatable bonds is 1. The number of nitrogens with two attached hydrogens (primary N) is 1. The number of pyridine rings is 1. The predicted molar refractivity (Wildman–Crippen MR) is 69.0 cm³/mol. The van der Waals surface area contributed by atoms with Crippen LogP contribution in [-0.4, -0.2) is 9.97 Å². The summed E-state index contributed by atoms with van der Waals surface area (Å²) in [4.78, 5) is 9.44. The van der Waals surface area contributed by atoms with Gasteiger partial charge in [-0.3, -0.25) is 4.98 Å². The summed E-state index contributed by atoms with van der Waals surface area (Å²) >= 11 is 1.47. The highest BCUT2D eigenvalue weighted by atomic mass is 35.5. The van der Waals surface area contributed by atoms with Gasteiger partial charge in [0.05, 0.1) is 16.3 Å². The van der Waals surface area contributed by atoms with E-state index in [1.165, 1.54) is 11.3 Å². The Kier molecular flexibility index (Phi) is 5.57. The number of nitrogen functional groups attached to an aromatic ring is 1. The Balaban J connectivity index is 0.000000980. The van der Waals surface area contributed by atoms with Crippen LogP contribution in [0.2, 0.25) is 0 Å². The van der Waals surface area contributed by atoms with Crippen LogP contribution in [0.1, 0.15) is 5.69 Å². The van der Waals surface area contributed by atoms with Crippen molar-refractivity contribution in [3.63, 3.8) is 0 Å². The lowest BCUT2D eigenvalue weighted by Crippen LogP contribution is -1.82. The largest absolute Gasteiger partial charge is 0.375 e. The van der Waals surface area contributed by atoms with Gasteiger partial charge in [-0.1, -0.05) is 17.4 Å². The number of hydrogen-bond donors (Lipinski definition) is 1. The van der Waals surface area contributed by atoms with Crippen molar-refractivity contribution in [2.24, 2.45) is 0 Å². The van der Waals surface area contributed by atoms with Gasteiger partial charge in [0.2, 0.25) is 0 Å². The van der Waals surface area contributed by atoms with Crippen molar-refractivity contribution in [2.75, 3.05) is 5.73 Å². The molecule has 0 atom stereocenters. The molecule has 2 aromatic rings. The summed E-state index contributed by atoms with van der Waals surface area (Å²) in [7, 11) is 0. The molecule has 2 N–H and O–H groups in total. The number of aromatic nitrogens is 2. The second-order valence-corrected chi connectivity index (χ2v) is 3.71. The van der Waals surface area contributed by atoms with Gasteiger partial charge in [0, 0.05) is 6.20 Å². The van der Waals surface area contributed by atoms with Crippen LogP contribution in [0.4, 0.5) is 5.13 Å². The molecule has 2 heterocycles. The molecule has 0 saturated carbocycles. The molecule has 0 aliphatic heterocycles. The second kappa shape index (κ2) is 5.90. The average molecular weight is 264 g/mol. The topological polar surface area (TPSA) is 51.8 Å². The Bertz CT molecular complexity index is 417. The molecular formula is C9H11Cl2N3S. The van der Waals surface area contributed by atoms with Crippen LogP contribution in [-0.2, 0) is 0 Å². The number of aryl methyl sites for hydroxylation is 1. The van der Waals surface area contributed by atoms with Gasteiger partial charge in [-0.2, -0.15) is 0 Å². The van der Waals surface area contributed by atoms with Crippen molar-refractivity contribution in [2.45, 2.75) is 6.92 Å². The zero-order valence-electron chi connectivity index (χ0n) is 8.01. The van der Waals surface area contributed by atoms with Gasteiger partial charge in [0.15, 0.2) is 5.13 Å². The maximum absolute atomic E-state index is 5.60. The van der Waals surface area contributed by atoms with Gasteiger partial charge in [-0.05, 0) is 19.1 Å². The van der Waals surface area contributed by atoms with Crippen molar-refractivity contribution >= 4 is 41.3 Å². The highest BCUT2D eigenvalue weighted by molar-refractivity contribution is 7.18. The van der Waals surface area contributed by atoms with Gasteiger partial charge in [0.1, 0.15) is 0 Å². The average Bonchev–Trinajstić information content (AvgIpc) is 2.47. The minimum Gasteiger partial charge on any atom is -0.375 e. The highest BCUT2D eigenvalue weighted by Crippen LogP contribution is 2.29. The van der Waals surface area contributed by atoms with Crippen molar-refractivity contribution in [3.05, 3.63) is 30.1 Å². The summed E-state index contributed by atoms with van der Waals surface area (Å²) in [5.74, 6) is 0. The molecule has 0 aromatic carbocycles. The minimum absolute atomic E-state index is 0. The first kappa shape index (κ1) is 14.2. The quantitative estimate of drug-likeness (QED) is 0.861. The zero-order valence-corrected chi connectivity index (χ0v) is 10.5. The van der Waals surface area contributed by atoms with Crippen LogP contribution in [0, 0.1) is 6.92 Å². The monoisotopic (exact) mass is 263 g/mol. The third kappa shape index (κ3) is 3.06. The fourth-order valence-electron chi connectivity index (χ4n) is 1.15. The Morgan fingerprint density at radius 2 is 2.00 bits per heavy atom. The summed E-state index contributed by atoms with van der Waals surface area (Å²) in [6.45, 7) is 1.94. The van der Waals surface area contributed by atoms with Crippen molar-refractivity contribution in [1.82, 2.24) is 9.97 Å². The highest BCUT2D eigenvalue weighted by Gasteiger charge is 2.07. The van der Waals surface area contributed by atoms with E-state index in [0.717, 1.165) is 16.3 Å². The SMILES string of the molecule is Cc1nc(N)sc1-c1ccccn1.Cl.Cl. The third-order valence-electron chi connectivity index (χ3n) is 1.71. The lowest BCUT2D eigenvalue weighted by Gasteiger charge is -1.94. The Labute approximate surface area is 105 Å². The molecule has 0 spiro atoms. The Morgan fingerprint density at radius 3 is 2.47 bits per heavy atom. The van der Waals surface area contributed by atoms with Gasteiger partial charge in [0.25, 0.3) is 0 Å². The van der Waals surface area contributed by atoms with Gasteiger partial charge >= 0.3 is 0 Å². The van der Waals surface area contributed by atoms with Crippen LogP contribution in [0.3, 0.4) is 0 Å². The smallest absolute Gasteiger partial charge is 0.180 e. The zero-order chi connectivity index (χ0) is 9.26. The van der Waals surface area contributed by atoms with Gasteiger partial charge in [-0.25, -0.2) is 4.98 Å². The first-order chi connectivity index (χ1) is 6.27. The summed E-state index contributed by atoms with van der Waals surface area (Å²) < 4.78 is 0. The van der Waals surface area contributed by atoms with Crippen molar-refractivity contribution in [3.8, 4) is 10.6 Å². The number of nitrogens with zero attached hydrogens (tertiary/aromatic N) is 2. The summed E-state index contributed by atoms with van der Waals surface area (Å²) in [5.41, 5.74) is 7.48. The number of thiazole rings is 1. The van der Waals surface area contributed by atoms with E-state index in [1.54, 1.807) is 6.20 Å². The normalized spacial score (nSPS) is 8.87. The fourth-order valence-corrected chi connectivity index (χ4v) is 1.96. The van der Waals surface area contributed by atoms with Crippen molar-refractivity contribution in [1.29, 1.82) is 0 Å². The molecule has 3 nitrogen and oxygen atoms in total. The molecule has 0 fully saturated rings. The Hall–Kier alpha value is -0.840. The lowest BCUT2D eigenvalue weighted by atomic mass is 10.3. The minimum atomic E-state index is 0. The molecule has 0 bridgehead atoms. The fraction of sp³-hybridized carbons (Fsp3) is 0.111. The second-order valence-electron chi connectivity index (χ2n) is 2.68. The molecule has 6 heteroatoms. The summed E-state index contributed by atoms with van der Waals surface area (Å²) in [5, 5.41) is 0.596. The van der Waals surface area contributed by atoms with E-state index in [2.05, 4.69) is 9.97 Å². The molecule has 0 amide bonds. The Morgan fingerprint density at radius 1 is 1.27 bits per heavy atom. The molecule has 82 valence electrons. The first-order valence-electron chi connectivity index (χ1n) is 3.91. The van der Waals surface area contributed by atoms with Crippen LogP contribution in [0.5, 0.6) is 0 Å². The first-order valence-corrected chi connectivity index (χ1v) is 4.73. The standard InChI is InChI=1S/C9H9N3S.2ClH/c1-6-8(13-9(10)12-6)7-4-2-3-5-11-7;;/h2-5H,1H3,(H2,10,12);2*1H.